The Hall–Kier alpha value is -2.96. The number of nitrogens with one attached hydrogen (secondary N) is 1. The van der Waals surface area contributed by atoms with Crippen LogP contribution in [0.25, 0.3) is 5.76 Å². The number of rotatable bonds is 4. The number of hydrogen-bond acceptors (Lipinski definition) is 10. The molecule has 3 fully saturated rings. The Labute approximate surface area is 223 Å². The van der Waals surface area contributed by atoms with Crippen molar-refractivity contribution in [2.24, 2.45) is 11.1 Å². The van der Waals surface area contributed by atoms with Crippen molar-refractivity contribution in [3.05, 3.63) is 44.7 Å². The van der Waals surface area contributed by atoms with Crippen LogP contribution in [0.15, 0.2) is 23.0 Å². The van der Waals surface area contributed by atoms with Crippen LogP contribution in [-0.4, -0.2) is 98.6 Å². The summed E-state index contributed by atoms with van der Waals surface area (Å²) in [7, 11) is 3.12. The number of primary amides is 1. The third-order valence-corrected chi connectivity index (χ3v) is 9.61. The minimum Gasteiger partial charge on any atom is -0.508 e. The number of carbonyl (C=O) groups excluding carboxylic acids is 3. The third-order valence-electron chi connectivity index (χ3n) is 9.14. The average Bonchev–Trinajstić information content (AvgIpc) is 3.13. The van der Waals surface area contributed by atoms with Crippen LogP contribution in [0.2, 0.25) is 5.02 Å². The molecule has 38 heavy (non-hydrogen) atoms. The van der Waals surface area contributed by atoms with E-state index in [2.05, 4.69) is 10.2 Å². The number of likely N-dealkylation sites (tertiary alicyclic amines) is 1. The number of nitrogens with zero attached hydrogens (tertiary/aromatic N) is 2. The van der Waals surface area contributed by atoms with Crippen LogP contribution in [-0.2, 0) is 27.3 Å². The Morgan fingerprint density at radius 2 is 1.95 bits per heavy atom. The number of ketones is 2. The van der Waals surface area contributed by atoms with Crippen LogP contribution >= 0.6 is 11.6 Å². The maximum atomic E-state index is 14.2. The van der Waals surface area contributed by atoms with E-state index >= 15 is 0 Å². The van der Waals surface area contributed by atoms with E-state index in [-0.39, 0.29) is 36.3 Å². The molecule has 1 aromatic rings. The highest BCUT2D eigenvalue weighted by Gasteiger charge is 2.78. The largest absolute Gasteiger partial charge is 0.508 e. The fourth-order valence-corrected chi connectivity index (χ4v) is 7.72. The highest BCUT2D eigenvalue weighted by molar-refractivity contribution is 6.33. The van der Waals surface area contributed by atoms with Crippen molar-refractivity contribution < 1.29 is 34.8 Å². The summed E-state index contributed by atoms with van der Waals surface area (Å²) >= 11 is 6.84. The summed E-state index contributed by atoms with van der Waals surface area (Å²) in [6.07, 6.45) is 1.17. The summed E-state index contributed by atoms with van der Waals surface area (Å²) in [5.41, 5.74) is -0.101. The minimum absolute atomic E-state index is 0.00558. The van der Waals surface area contributed by atoms with Gasteiger partial charge in [-0.25, -0.2) is 0 Å². The number of aromatic hydroxyl groups is 1. The van der Waals surface area contributed by atoms with Crippen molar-refractivity contribution in [3.63, 3.8) is 0 Å². The lowest BCUT2D eigenvalue weighted by atomic mass is 9.51. The molecular weight excluding hydrogens is 516 g/mol. The lowest BCUT2D eigenvalue weighted by Gasteiger charge is -2.56. The van der Waals surface area contributed by atoms with Crippen LogP contribution in [0.4, 0.5) is 0 Å². The number of hydrogen-bond donors (Lipinski definition) is 6. The number of amides is 1. The first-order chi connectivity index (χ1) is 17.8. The molecule has 0 radical (unpaired) electrons. The van der Waals surface area contributed by atoms with Gasteiger partial charge in [-0.3, -0.25) is 24.2 Å². The van der Waals surface area contributed by atoms with Crippen molar-refractivity contribution >= 4 is 34.8 Å². The molecule has 12 heteroatoms. The van der Waals surface area contributed by atoms with Gasteiger partial charge in [0.15, 0.2) is 11.5 Å². The van der Waals surface area contributed by atoms with Crippen LogP contribution in [0.1, 0.15) is 29.5 Å². The molecule has 7 N–H and O–H groups in total. The zero-order valence-electron chi connectivity index (χ0n) is 21.0. The number of Topliss-reactive ketones (excluding diaryl/α,β-unsaturated/α-hetero) is 2. The van der Waals surface area contributed by atoms with Crippen LogP contribution < -0.4 is 11.1 Å². The molecule has 11 nitrogen and oxygen atoms in total. The summed E-state index contributed by atoms with van der Waals surface area (Å²) < 4.78 is 0. The lowest BCUT2D eigenvalue weighted by molar-refractivity contribution is -0.158. The van der Waals surface area contributed by atoms with Crippen LogP contribution in [0.5, 0.6) is 5.75 Å². The normalized spacial score (nSPS) is 34.3. The molecule has 202 valence electrons. The van der Waals surface area contributed by atoms with E-state index in [1.54, 1.807) is 14.1 Å². The van der Waals surface area contributed by atoms with Gasteiger partial charge in [-0.15, -0.1) is 0 Å². The smallest absolute Gasteiger partial charge is 0.255 e. The molecule has 1 saturated carbocycles. The molecule has 2 saturated heterocycles. The fourth-order valence-electron chi connectivity index (χ4n) is 7.44. The van der Waals surface area contributed by atoms with Crippen LogP contribution in [0, 0.1) is 5.41 Å². The number of halogens is 1. The molecular formula is C26H29ClN4O7. The first kappa shape index (κ1) is 25.3. The number of benzene rings is 1. The molecule has 4 atom stereocenters. The molecule has 1 unspecified atom stereocenters. The van der Waals surface area contributed by atoms with E-state index in [1.807, 2.05) is 0 Å². The van der Waals surface area contributed by atoms with E-state index in [0.717, 1.165) is 19.5 Å². The third kappa shape index (κ3) is 2.80. The van der Waals surface area contributed by atoms with Gasteiger partial charge in [0.1, 0.15) is 17.1 Å². The number of carbonyl (C=O) groups is 3. The molecule has 5 aliphatic rings. The number of fused-ring (bicyclic) bond motifs is 1. The highest BCUT2D eigenvalue weighted by Crippen LogP contribution is 2.63. The molecule has 2 spiro atoms. The number of aliphatic hydroxyl groups excluding tert-OH is 2. The second kappa shape index (κ2) is 7.80. The quantitative estimate of drug-likeness (QED) is 0.281. The zero-order valence-corrected chi connectivity index (χ0v) is 21.7. The number of aliphatic hydroxyl groups is 3. The highest BCUT2D eigenvalue weighted by atomic mass is 35.5. The van der Waals surface area contributed by atoms with Crippen molar-refractivity contribution in [2.75, 3.05) is 33.7 Å². The molecule has 2 heterocycles. The Morgan fingerprint density at radius 3 is 2.53 bits per heavy atom. The second-order valence-electron chi connectivity index (χ2n) is 11.4. The van der Waals surface area contributed by atoms with Gasteiger partial charge >= 0.3 is 0 Å². The standard InChI is InChI=1S/C26H29ClN4O7/c1-30(2)20-19(34)15(23(28)37)21(35)26(38)22(36)16-18(33)14-12(7-24(16)9-25(20,26)29-10-24)17(27)11(6-13(14)32)8-31-4-3-5-31/h6,20,29,32-33,35,38H,3-5,7-10H2,1-2H3,(H2,28,37)/t20-,24?,25-,26-/m1/s1. The number of nitrogens with two attached hydrogens (primary N) is 1. The van der Waals surface area contributed by atoms with Crippen molar-refractivity contribution in [1.82, 2.24) is 15.1 Å². The Balaban J connectivity index is 1.60. The van der Waals surface area contributed by atoms with Gasteiger partial charge in [0.25, 0.3) is 5.91 Å². The van der Waals surface area contributed by atoms with Gasteiger partial charge in [-0.2, -0.15) is 0 Å². The molecule has 2 bridgehead atoms. The summed E-state index contributed by atoms with van der Waals surface area (Å²) in [6.45, 7) is 2.41. The molecule has 0 aromatic heterocycles. The van der Waals surface area contributed by atoms with Gasteiger partial charge < -0.3 is 31.5 Å². The van der Waals surface area contributed by atoms with E-state index in [4.69, 9.17) is 17.3 Å². The topological polar surface area (TPSA) is 177 Å². The summed E-state index contributed by atoms with van der Waals surface area (Å²) in [4.78, 5) is 43.5. The van der Waals surface area contributed by atoms with E-state index < -0.39 is 57.2 Å². The van der Waals surface area contributed by atoms with Gasteiger partial charge in [0.2, 0.25) is 11.4 Å². The SMILES string of the molecule is CN(C)[C@@H]1C(=O)C(C(N)=O)=C(O)[C@@]2(O)C(=O)C3=C(O)c4c(O)cc(CN5CCC5)c(Cl)c4CC34CN[C@]12C4. The summed E-state index contributed by atoms with van der Waals surface area (Å²) in [5, 5.41) is 49.1. The van der Waals surface area contributed by atoms with Gasteiger partial charge in [0.05, 0.1) is 17.1 Å². The van der Waals surface area contributed by atoms with Crippen LogP contribution in [0.3, 0.4) is 0 Å². The molecule has 1 amide bonds. The second-order valence-corrected chi connectivity index (χ2v) is 11.8. The predicted octanol–water partition coefficient (Wildman–Crippen LogP) is -0.0809. The average molecular weight is 545 g/mol. The number of phenols is 1. The zero-order chi connectivity index (χ0) is 27.5. The maximum Gasteiger partial charge on any atom is 0.255 e. The molecule has 2 aliphatic heterocycles. The maximum absolute atomic E-state index is 14.2. The minimum atomic E-state index is -2.78. The van der Waals surface area contributed by atoms with Gasteiger partial charge in [0, 0.05) is 29.1 Å². The van der Waals surface area contributed by atoms with Crippen molar-refractivity contribution in [3.8, 4) is 5.75 Å². The van der Waals surface area contributed by atoms with Crippen molar-refractivity contribution in [2.45, 2.75) is 43.0 Å². The molecule has 1 aromatic carbocycles. The van der Waals surface area contributed by atoms with Gasteiger partial charge in [-0.05, 0) is 63.6 Å². The first-order valence-corrected chi connectivity index (χ1v) is 12.8. The summed E-state index contributed by atoms with van der Waals surface area (Å²) in [6, 6.07) is 0.234. The van der Waals surface area contributed by atoms with Crippen molar-refractivity contribution in [1.29, 1.82) is 0 Å². The van der Waals surface area contributed by atoms with E-state index in [0.29, 0.717) is 22.7 Å². The number of phenolic OH excluding ortho intramolecular Hbond substituents is 1. The number of likely N-dealkylation sites (N-methyl/N-ethyl adjacent to an activating group) is 1. The lowest BCUT2D eigenvalue weighted by Crippen LogP contribution is -2.79. The predicted molar refractivity (Wildman–Crippen MR) is 135 cm³/mol. The Kier molecular flexibility index (Phi) is 5.20. The Bertz CT molecular complexity index is 1420. The van der Waals surface area contributed by atoms with Gasteiger partial charge in [-0.1, -0.05) is 11.6 Å². The van der Waals surface area contributed by atoms with E-state index in [1.165, 1.54) is 11.0 Å². The fraction of sp³-hybridized carbons (Fsp3) is 0.500. The van der Waals surface area contributed by atoms with E-state index in [9.17, 15) is 34.8 Å². The summed E-state index contributed by atoms with van der Waals surface area (Å²) in [5.74, 6) is -5.11. The first-order valence-electron chi connectivity index (χ1n) is 12.5. The Morgan fingerprint density at radius 1 is 1.26 bits per heavy atom. The molecule has 3 aliphatic carbocycles. The monoisotopic (exact) mass is 544 g/mol. The molecule has 6 rings (SSSR count).